The van der Waals surface area contributed by atoms with Crippen LogP contribution in [0, 0.1) is 11.2 Å². The first-order valence-electron chi connectivity index (χ1n) is 11.2. The molecule has 1 saturated heterocycles. The van der Waals surface area contributed by atoms with Crippen molar-refractivity contribution in [2.45, 2.75) is 45.2 Å². The Kier molecular flexibility index (Phi) is 6.27. The molecule has 2 N–H and O–H groups in total. The number of amides is 2. The second-order valence-corrected chi connectivity index (χ2v) is 10.8. The monoisotopic (exact) mass is 459 g/mol. The van der Waals surface area contributed by atoms with Gasteiger partial charge in [0, 0.05) is 30.1 Å². The number of carbonyl (C=O) groups excluding carboxylic acids is 1. The highest BCUT2D eigenvalue weighted by Gasteiger charge is 2.61. The molecule has 2 amide bonds. The lowest BCUT2D eigenvalue weighted by atomic mass is 9.91. The molecule has 0 bridgehead atoms. The summed E-state index contributed by atoms with van der Waals surface area (Å²) < 4.78 is 43.4. The lowest BCUT2D eigenvalue weighted by Gasteiger charge is -2.29. The van der Waals surface area contributed by atoms with Gasteiger partial charge in [0.05, 0.1) is 11.8 Å². The van der Waals surface area contributed by atoms with Crippen LogP contribution in [0.25, 0.3) is 11.1 Å². The molecule has 4 rings (SSSR count). The first-order chi connectivity index (χ1) is 15.3. The van der Waals surface area contributed by atoms with E-state index in [1.54, 1.807) is 24.0 Å². The maximum Gasteiger partial charge on any atom is 0.317 e. The third-order valence-corrected chi connectivity index (χ3v) is 8.06. The molecule has 1 spiro atoms. The van der Waals surface area contributed by atoms with Gasteiger partial charge >= 0.3 is 6.03 Å². The summed E-state index contributed by atoms with van der Waals surface area (Å²) in [5.74, 6) is -0.367. The summed E-state index contributed by atoms with van der Waals surface area (Å²) in [4.78, 5) is 14.6. The first-order valence-corrected chi connectivity index (χ1v) is 12.8. The predicted octanol–water partition coefficient (Wildman–Crippen LogP) is 3.54. The van der Waals surface area contributed by atoms with Gasteiger partial charge in [-0.05, 0) is 44.2 Å². The number of nitrogens with one attached hydrogen (secondary N) is 2. The summed E-state index contributed by atoms with van der Waals surface area (Å²) in [6, 6.07) is 13.5. The van der Waals surface area contributed by atoms with E-state index < -0.39 is 22.1 Å². The maximum atomic E-state index is 15.6. The first kappa shape index (κ1) is 22.7. The number of nitrogens with zero attached hydrogens (tertiary/aromatic N) is 1. The minimum Gasteiger partial charge on any atom is -0.338 e. The second kappa shape index (κ2) is 8.83. The van der Waals surface area contributed by atoms with Crippen molar-refractivity contribution in [1.29, 1.82) is 0 Å². The number of urea groups is 1. The van der Waals surface area contributed by atoms with E-state index in [2.05, 4.69) is 10.0 Å². The molecule has 0 aromatic heterocycles. The standard InChI is InChI=1S/C24H30FN3O3S/c1-3-26-23(29)28-16-24(13-14-24)22(27-32(30,31)4-2)20(28)15-18-11-8-12-19(21(18)25)17-9-6-5-7-10-17/h5-12,20,22,27H,3-4,13-16H2,1-2H3,(H,26,29). The molecule has 6 nitrogen and oxygen atoms in total. The third-order valence-electron chi connectivity index (χ3n) is 6.69. The number of hydrogen-bond acceptors (Lipinski definition) is 3. The number of rotatable bonds is 7. The summed E-state index contributed by atoms with van der Waals surface area (Å²) >= 11 is 0. The van der Waals surface area contributed by atoms with Crippen molar-refractivity contribution in [3.05, 3.63) is 59.9 Å². The Bertz CT molecular complexity index is 1090. The van der Waals surface area contributed by atoms with Crippen molar-refractivity contribution in [3.63, 3.8) is 0 Å². The molecule has 2 aromatic carbocycles. The van der Waals surface area contributed by atoms with Gasteiger partial charge in [0.2, 0.25) is 10.0 Å². The third kappa shape index (κ3) is 4.38. The van der Waals surface area contributed by atoms with Crippen LogP contribution in [0.15, 0.2) is 48.5 Å². The highest BCUT2D eigenvalue weighted by Crippen LogP contribution is 2.55. The maximum absolute atomic E-state index is 15.6. The SMILES string of the molecule is CCNC(=O)N1CC2(CC2)C(NS(=O)(=O)CC)C1Cc1cccc(-c2ccccc2)c1F. The molecule has 2 aromatic rings. The largest absolute Gasteiger partial charge is 0.338 e. The molecule has 8 heteroatoms. The van der Waals surface area contributed by atoms with Gasteiger partial charge in [-0.15, -0.1) is 0 Å². The summed E-state index contributed by atoms with van der Waals surface area (Å²) in [5, 5.41) is 2.83. The summed E-state index contributed by atoms with van der Waals surface area (Å²) in [7, 11) is -3.48. The van der Waals surface area contributed by atoms with Crippen LogP contribution in [-0.2, 0) is 16.4 Å². The molecule has 1 aliphatic carbocycles. The molecular formula is C24H30FN3O3S. The highest BCUT2D eigenvalue weighted by molar-refractivity contribution is 7.89. The fourth-order valence-corrected chi connectivity index (χ4v) is 5.72. The van der Waals surface area contributed by atoms with Crippen LogP contribution in [0.1, 0.15) is 32.3 Å². The van der Waals surface area contributed by atoms with Crippen molar-refractivity contribution in [2.24, 2.45) is 5.41 Å². The summed E-state index contributed by atoms with van der Waals surface area (Å²) in [6.45, 7) is 4.38. The van der Waals surface area contributed by atoms with Gasteiger partial charge in [-0.3, -0.25) is 0 Å². The zero-order chi connectivity index (χ0) is 22.9. The summed E-state index contributed by atoms with van der Waals surface area (Å²) in [5.41, 5.74) is 1.48. The number of likely N-dealkylation sites (tertiary alicyclic amines) is 1. The molecular weight excluding hydrogens is 429 g/mol. The van der Waals surface area contributed by atoms with E-state index >= 15 is 4.39 Å². The Balaban J connectivity index is 1.70. The van der Waals surface area contributed by atoms with Gasteiger partial charge in [-0.2, -0.15) is 0 Å². The molecule has 1 aliphatic heterocycles. The van der Waals surface area contributed by atoms with Crippen LogP contribution in [-0.4, -0.2) is 50.3 Å². The normalized spacial score (nSPS) is 21.7. The lowest BCUT2D eigenvalue weighted by molar-refractivity contribution is 0.189. The Morgan fingerprint density at radius 1 is 1.12 bits per heavy atom. The van der Waals surface area contributed by atoms with Crippen LogP contribution in [0.5, 0.6) is 0 Å². The van der Waals surface area contributed by atoms with Crippen LogP contribution < -0.4 is 10.0 Å². The predicted molar refractivity (Wildman–Crippen MR) is 123 cm³/mol. The smallest absolute Gasteiger partial charge is 0.317 e. The number of carbonyl (C=O) groups is 1. The number of benzene rings is 2. The van der Waals surface area contributed by atoms with Gasteiger partial charge in [-0.1, -0.05) is 48.5 Å². The fourth-order valence-electron chi connectivity index (χ4n) is 4.76. The molecule has 32 heavy (non-hydrogen) atoms. The zero-order valence-corrected chi connectivity index (χ0v) is 19.3. The minimum atomic E-state index is -3.48. The van der Waals surface area contributed by atoms with Gasteiger partial charge in [0.15, 0.2) is 0 Å². The highest BCUT2D eigenvalue weighted by atomic mass is 32.2. The molecule has 1 heterocycles. The van der Waals surface area contributed by atoms with Gasteiger partial charge in [-0.25, -0.2) is 22.3 Å². The van der Waals surface area contributed by atoms with Crippen LogP contribution in [0.3, 0.4) is 0 Å². The minimum absolute atomic E-state index is 0.0364. The van der Waals surface area contributed by atoms with E-state index in [9.17, 15) is 13.2 Å². The Hall–Kier alpha value is -2.45. The van der Waals surface area contributed by atoms with E-state index in [0.29, 0.717) is 24.2 Å². The topological polar surface area (TPSA) is 78.5 Å². The molecule has 1 saturated carbocycles. The summed E-state index contributed by atoms with van der Waals surface area (Å²) in [6.07, 6.45) is 1.94. The molecule has 2 unspecified atom stereocenters. The quantitative estimate of drug-likeness (QED) is 0.665. The Labute approximate surface area is 189 Å². The van der Waals surface area contributed by atoms with E-state index in [1.807, 2.05) is 43.3 Å². The average molecular weight is 460 g/mol. The van der Waals surface area contributed by atoms with E-state index in [4.69, 9.17) is 0 Å². The number of halogens is 1. The second-order valence-electron chi connectivity index (χ2n) is 8.74. The Morgan fingerprint density at radius 3 is 2.47 bits per heavy atom. The van der Waals surface area contributed by atoms with Crippen molar-refractivity contribution in [2.75, 3.05) is 18.8 Å². The fraction of sp³-hybridized carbons (Fsp3) is 0.458. The van der Waals surface area contributed by atoms with Gasteiger partial charge < -0.3 is 10.2 Å². The molecule has 0 radical (unpaired) electrons. The number of sulfonamides is 1. The zero-order valence-electron chi connectivity index (χ0n) is 18.5. The molecule has 172 valence electrons. The molecule has 2 fully saturated rings. The van der Waals surface area contributed by atoms with Crippen LogP contribution in [0.4, 0.5) is 9.18 Å². The van der Waals surface area contributed by atoms with Crippen molar-refractivity contribution < 1.29 is 17.6 Å². The average Bonchev–Trinajstić information content (AvgIpc) is 3.51. The van der Waals surface area contributed by atoms with Gasteiger partial charge in [0.25, 0.3) is 0 Å². The van der Waals surface area contributed by atoms with Crippen LogP contribution >= 0.6 is 0 Å². The van der Waals surface area contributed by atoms with Gasteiger partial charge in [0.1, 0.15) is 5.82 Å². The molecule has 2 atom stereocenters. The van der Waals surface area contributed by atoms with E-state index in [-0.39, 0.29) is 29.4 Å². The van der Waals surface area contributed by atoms with Crippen molar-refractivity contribution in [3.8, 4) is 11.1 Å². The molecule has 2 aliphatic rings. The van der Waals surface area contributed by atoms with E-state index in [0.717, 1.165) is 18.4 Å². The Morgan fingerprint density at radius 2 is 1.84 bits per heavy atom. The lowest BCUT2D eigenvalue weighted by Crippen LogP contribution is -2.51. The van der Waals surface area contributed by atoms with Crippen molar-refractivity contribution in [1.82, 2.24) is 14.9 Å². The van der Waals surface area contributed by atoms with E-state index in [1.165, 1.54) is 0 Å². The number of hydrogen-bond donors (Lipinski definition) is 2. The van der Waals surface area contributed by atoms with Crippen LogP contribution in [0.2, 0.25) is 0 Å². The van der Waals surface area contributed by atoms with Crippen molar-refractivity contribution >= 4 is 16.1 Å².